The Morgan fingerprint density at radius 1 is 1.32 bits per heavy atom. The second-order valence-corrected chi connectivity index (χ2v) is 6.15. The van der Waals surface area contributed by atoms with Crippen LogP contribution >= 0.6 is 22.9 Å². The maximum absolute atomic E-state index is 13.5. The predicted octanol–water partition coefficient (Wildman–Crippen LogP) is 3.32. The molecule has 1 amide bonds. The van der Waals surface area contributed by atoms with Gasteiger partial charge in [-0.1, -0.05) is 17.7 Å². The lowest BCUT2D eigenvalue weighted by Crippen LogP contribution is -2.30. The van der Waals surface area contributed by atoms with E-state index in [4.69, 9.17) is 16.3 Å². The van der Waals surface area contributed by atoms with Crippen molar-refractivity contribution in [2.45, 2.75) is 13.5 Å². The molecule has 0 saturated heterocycles. The van der Waals surface area contributed by atoms with Gasteiger partial charge in [0.15, 0.2) is 0 Å². The monoisotopic (exact) mass is 341 g/mol. The number of carbonyl (C=O) groups excluding carboxylic acids is 2. The molecule has 0 aliphatic heterocycles. The Balaban J connectivity index is 1.82. The lowest BCUT2D eigenvalue weighted by atomic mass is 10.2. The third kappa shape index (κ3) is 4.29. The molecule has 22 heavy (non-hydrogen) atoms. The number of esters is 1. The van der Waals surface area contributed by atoms with E-state index in [1.165, 1.54) is 29.5 Å². The Labute approximate surface area is 135 Å². The minimum absolute atomic E-state index is 0.109. The molecule has 1 N–H and O–H groups in total. The van der Waals surface area contributed by atoms with Crippen molar-refractivity contribution >= 4 is 34.8 Å². The summed E-state index contributed by atoms with van der Waals surface area (Å²) in [5.74, 6) is -1.56. The summed E-state index contributed by atoms with van der Waals surface area (Å²) in [5, 5.41) is 2.63. The standard InChI is InChI=1S/C15H13ClFNO3S/c1-9-5-6-13(22-9)15(20)18-7-14(19)21-8-10-11(16)3-2-4-12(10)17/h2-6H,7-8H2,1H3,(H,18,20). The first-order valence-corrected chi connectivity index (χ1v) is 7.60. The van der Waals surface area contributed by atoms with Gasteiger partial charge < -0.3 is 10.1 Å². The molecular formula is C15H13ClFNO3S. The fourth-order valence-electron chi connectivity index (χ4n) is 1.67. The van der Waals surface area contributed by atoms with Gasteiger partial charge in [-0.2, -0.15) is 0 Å². The van der Waals surface area contributed by atoms with Crippen molar-refractivity contribution in [3.63, 3.8) is 0 Å². The van der Waals surface area contributed by atoms with Gasteiger partial charge in [0.1, 0.15) is 19.0 Å². The maximum Gasteiger partial charge on any atom is 0.325 e. The highest BCUT2D eigenvalue weighted by atomic mass is 35.5. The highest BCUT2D eigenvalue weighted by Crippen LogP contribution is 2.19. The summed E-state index contributed by atoms with van der Waals surface area (Å²) >= 11 is 7.15. The summed E-state index contributed by atoms with van der Waals surface area (Å²) in [5.41, 5.74) is 0.109. The first kappa shape index (κ1) is 16.5. The van der Waals surface area contributed by atoms with E-state index in [-0.39, 0.29) is 29.6 Å². The number of benzene rings is 1. The summed E-state index contributed by atoms with van der Waals surface area (Å²) < 4.78 is 18.4. The summed E-state index contributed by atoms with van der Waals surface area (Å²) in [6, 6.07) is 7.70. The zero-order chi connectivity index (χ0) is 16.1. The normalized spacial score (nSPS) is 10.3. The van der Waals surface area contributed by atoms with Crippen LogP contribution in [-0.4, -0.2) is 18.4 Å². The Hall–Kier alpha value is -1.92. The molecule has 0 spiro atoms. The molecule has 116 valence electrons. The lowest BCUT2D eigenvalue weighted by Gasteiger charge is -2.08. The van der Waals surface area contributed by atoms with Gasteiger partial charge in [0.2, 0.25) is 0 Å². The van der Waals surface area contributed by atoms with Crippen LogP contribution in [0, 0.1) is 12.7 Å². The van der Waals surface area contributed by atoms with Crippen molar-refractivity contribution < 1.29 is 18.7 Å². The summed E-state index contributed by atoms with van der Waals surface area (Å²) in [7, 11) is 0. The van der Waals surface area contributed by atoms with Crippen molar-refractivity contribution in [3.05, 3.63) is 56.5 Å². The van der Waals surface area contributed by atoms with Crippen molar-refractivity contribution in [1.82, 2.24) is 5.32 Å². The molecular weight excluding hydrogens is 329 g/mol. The van der Waals surface area contributed by atoms with Gasteiger partial charge in [0.05, 0.1) is 9.90 Å². The number of halogens is 2. The van der Waals surface area contributed by atoms with Crippen molar-refractivity contribution in [2.75, 3.05) is 6.54 Å². The second-order valence-electron chi connectivity index (χ2n) is 4.45. The number of ether oxygens (including phenoxy) is 1. The van der Waals surface area contributed by atoms with E-state index in [1.807, 2.05) is 13.0 Å². The van der Waals surface area contributed by atoms with Crippen molar-refractivity contribution in [3.8, 4) is 0 Å². The number of carbonyl (C=O) groups is 2. The van der Waals surface area contributed by atoms with E-state index >= 15 is 0 Å². The lowest BCUT2D eigenvalue weighted by molar-refractivity contribution is -0.143. The van der Waals surface area contributed by atoms with E-state index in [2.05, 4.69) is 5.32 Å². The molecule has 0 aliphatic carbocycles. The van der Waals surface area contributed by atoms with Crippen LogP contribution in [0.2, 0.25) is 5.02 Å². The fourth-order valence-corrected chi connectivity index (χ4v) is 2.67. The third-order valence-electron chi connectivity index (χ3n) is 2.80. The Bertz CT molecular complexity index is 682. The maximum atomic E-state index is 13.5. The van der Waals surface area contributed by atoms with Crippen LogP contribution in [0.25, 0.3) is 0 Å². The number of thiophene rings is 1. The molecule has 2 aromatic rings. The number of aryl methyl sites for hydroxylation is 1. The fraction of sp³-hybridized carbons (Fsp3) is 0.200. The second kappa shape index (κ2) is 7.38. The zero-order valence-corrected chi connectivity index (χ0v) is 13.3. The highest BCUT2D eigenvalue weighted by molar-refractivity contribution is 7.13. The van der Waals surface area contributed by atoms with Crippen molar-refractivity contribution in [2.24, 2.45) is 0 Å². The third-order valence-corrected chi connectivity index (χ3v) is 4.15. The topological polar surface area (TPSA) is 55.4 Å². The molecule has 1 aromatic heterocycles. The molecule has 1 heterocycles. The average molecular weight is 342 g/mol. The minimum atomic E-state index is -0.666. The molecule has 0 bridgehead atoms. The molecule has 0 saturated carbocycles. The van der Waals surface area contributed by atoms with Gasteiger partial charge in [-0.05, 0) is 31.2 Å². The number of amides is 1. The SMILES string of the molecule is Cc1ccc(C(=O)NCC(=O)OCc2c(F)cccc2Cl)s1. The van der Waals surface area contributed by atoms with Crippen molar-refractivity contribution in [1.29, 1.82) is 0 Å². The smallest absolute Gasteiger partial charge is 0.325 e. The first-order chi connectivity index (χ1) is 10.5. The number of hydrogen-bond acceptors (Lipinski definition) is 4. The van der Waals surface area contributed by atoms with E-state index in [9.17, 15) is 14.0 Å². The van der Waals surface area contributed by atoms with Gasteiger partial charge in [-0.25, -0.2) is 4.39 Å². The Morgan fingerprint density at radius 3 is 2.73 bits per heavy atom. The summed E-state index contributed by atoms with van der Waals surface area (Å²) in [6.07, 6.45) is 0. The van der Waals surface area contributed by atoms with E-state index < -0.39 is 11.8 Å². The molecule has 0 radical (unpaired) electrons. The predicted molar refractivity (Wildman–Crippen MR) is 82.6 cm³/mol. The van der Waals surface area contributed by atoms with Crippen LogP contribution in [0.3, 0.4) is 0 Å². The van der Waals surface area contributed by atoms with Gasteiger partial charge in [0.25, 0.3) is 5.91 Å². The van der Waals surface area contributed by atoms with Crippen LogP contribution < -0.4 is 5.32 Å². The molecule has 7 heteroatoms. The van der Waals surface area contributed by atoms with Gasteiger partial charge in [-0.3, -0.25) is 9.59 Å². The quantitative estimate of drug-likeness (QED) is 0.849. The number of nitrogens with one attached hydrogen (secondary N) is 1. The van der Waals surface area contributed by atoms with Crippen LogP contribution in [0.1, 0.15) is 20.1 Å². The summed E-state index contributed by atoms with van der Waals surface area (Å²) in [4.78, 5) is 24.9. The Morgan fingerprint density at radius 2 is 2.09 bits per heavy atom. The zero-order valence-electron chi connectivity index (χ0n) is 11.7. The first-order valence-electron chi connectivity index (χ1n) is 6.40. The van der Waals surface area contributed by atoms with Gasteiger partial charge in [0, 0.05) is 10.4 Å². The van der Waals surface area contributed by atoms with Crippen LogP contribution in [-0.2, 0) is 16.1 Å². The molecule has 0 atom stereocenters. The largest absolute Gasteiger partial charge is 0.459 e. The molecule has 1 aromatic carbocycles. The van der Waals surface area contributed by atoms with Crippen LogP contribution in [0.4, 0.5) is 4.39 Å². The summed E-state index contributed by atoms with van der Waals surface area (Å²) in [6.45, 7) is 1.31. The molecule has 4 nitrogen and oxygen atoms in total. The van der Waals surface area contributed by atoms with Gasteiger partial charge >= 0.3 is 5.97 Å². The molecule has 2 rings (SSSR count). The Kier molecular flexibility index (Phi) is 5.51. The molecule has 0 unspecified atom stereocenters. The number of hydrogen-bond donors (Lipinski definition) is 1. The van der Waals surface area contributed by atoms with Gasteiger partial charge in [-0.15, -0.1) is 11.3 Å². The molecule has 0 aliphatic rings. The minimum Gasteiger partial charge on any atom is -0.459 e. The highest BCUT2D eigenvalue weighted by Gasteiger charge is 2.13. The van der Waals surface area contributed by atoms with E-state index in [1.54, 1.807) is 6.07 Å². The van der Waals surface area contributed by atoms with Crippen LogP contribution in [0.15, 0.2) is 30.3 Å². The molecule has 0 fully saturated rings. The number of rotatable bonds is 5. The average Bonchev–Trinajstić information content (AvgIpc) is 2.91. The van der Waals surface area contributed by atoms with Crippen LogP contribution in [0.5, 0.6) is 0 Å². The van der Waals surface area contributed by atoms with E-state index in [0.717, 1.165) is 4.88 Å². The van der Waals surface area contributed by atoms with E-state index in [0.29, 0.717) is 4.88 Å².